The second-order valence-electron chi connectivity index (χ2n) is 4.32. The van der Waals surface area contributed by atoms with Crippen LogP contribution in [0.25, 0.3) is 0 Å². The smallest absolute Gasteiger partial charge is 0.190 e. The monoisotopic (exact) mass is 347 g/mol. The Morgan fingerprint density at radius 1 is 1.25 bits per heavy atom. The molecule has 20 heavy (non-hydrogen) atoms. The average Bonchev–Trinajstić information content (AvgIpc) is 2.47. The number of halogens is 2. The lowest BCUT2D eigenvalue weighted by Crippen LogP contribution is -2.14. The Labute approximate surface area is 131 Å². The number of hydrogen-bond acceptors (Lipinski definition) is 2. The zero-order valence-corrected chi connectivity index (χ0v) is 12.9. The Bertz CT molecular complexity index is 664. The summed E-state index contributed by atoms with van der Waals surface area (Å²) in [5, 5.41) is 9.44. The van der Waals surface area contributed by atoms with Gasteiger partial charge in [0.15, 0.2) is 10.6 Å². The van der Waals surface area contributed by atoms with E-state index in [9.17, 15) is 4.79 Å². The first-order valence-electron chi connectivity index (χ1n) is 6.02. The molecule has 0 saturated heterocycles. The summed E-state index contributed by atoms with van der Waals surface area (Å²) < 4.78 is 0. The third-order valence-electron chi connectivity index (χ3n) is 2.91. The molecule has 0 saturated carbocycles. The molecule has 0 unspecified atom stereocenters. The topological polar surface area (TPSA) is 40.9 Å². The Morgan fingerprint density at radius 2 is 1.95 bits per heavy atom. The fourth-order valence-corrected chi connectivity index (χ4v) is 2.40. The van der Waals surface area contributed by atoms with Gasteiger partial charge in [-0.2, -0.15) is 5.26 Å². The Hall–Kier alpha value is -1.63. The van der Waals surface area contributed by atoms with E-state index in [1.54, 1.807) is 18.2 Å². The van der Waals surface area contributed by atoms with Crippen molar-refractivity contribution in [3.8, 4) is 6.07 Å². The first-order valence-corrected chi connectivity index (χ1v) is 7.31. The van der Waals surface area contributed by atoms with E-state index >= 15 is 0 Å². The molecule has 0 radical (unpaired) electrons. The zero-order chi connectivity index (χ0) is 14.5. The van der Waals surface area contributed by atoms with Crippen LogP contribution in [0.2, 0.25) is 5.02 Å². The van der Waals surface area contributed by atoms with Gasteiger partial charge in [0.05, 0.1) is 6.07 Å². The lowest BCUT2D eigenvalue weighted by molar-refractivity contribution is 0.100. The number of nitrogens with zero attached hydrogens (tertiary/aromatic N) is 1. The predicted molar refractivity (Wildman–Crippen MR) is 83.4 cm³/mol. The molecule has 100 valence electrons. The molecule has 0 aliphatic heterocycles. The molecule has 2 nitrogen and oxygen atoms in total. The molecule has 0 amide bonds. The maximum absolute atomic E-state index is 12.2. The molecule has 0 bridgehead atoms. The van der Waals surface area contributed by atoms with Gasteiger partial charge in [0.2, 0.25) is 0 Å². The molecule has 2 aromatic rings. The molecule has 1 atom stereocenters. The molecule has 2 rings (SSSR count). The van der Waals surface area contributed by atoms with Crippen molar-refractivity contribution in [1.29, 1.82) is 5.26 Å². The number of ketones is 1. The van der Waals surface area contributed by atoms with Gasteiger partial charge < -0.3 is 0 Å². The molecule has 0 fully saturated rings. The van der Waals surface area contributed by atoms with Crippen LogP contribution >= 0.6 is 27.5 Å². The van der Waals surface area contributed by atoms with Gasteiger partial charge in [0.25, 0.3) is 0 Å². The Morgan fingerprint density at radius 3 is 2.60 bits per heavy atom. The van der Waals surface area contributed by atoms with E-state index in [0.29, 0.717) is 17.0 Å². The van der Waals surface area contributed by atoms with Crippen LogP contribution in [0.3, 0.4) is 0 Å². The minimum Gasteiger partial charge on any atom is -0.292 e. The third-order valence-corrected chi connectivity index (χ3v) is 3.77. The highest BCUT2D eigenvalue weighted by molar-refractivity contribution is 9.10. The van der Waals surface area contributed by atoms with E-state index in [4.69, 9.17) is 16.9 Å². The molecule has 0 aliphatic carbocycles. The number of carbonyl (C=O) groups excluding carboxylic acids is 1. The van der Waals surface area contributed by atoms with Crippen LogP contribution in [0, 0.1) is 11.3 Å². The van der Waals surface area contributed by atoms with Crippen LogP contribution in [-0.2, 0) is 6.42 Å². The lowest BCUT2D eigenvalue weighted by atomic mass is 9.96. The van der Waals surface area contributed by atoms with Crippen molar-refractivity contribution in [3.05, 3.63) is 70.2 Å². The van der Waals surface area contributed by atoms with Gasteiger partial charge in [0.1, 0.15) is 0 Å². The predicted octanol–water partition coefficient (Wildman–Crippen LogP) is 4.40. The quantitative estimate of drug-likeness (QED) is 0.607. The number of nitriles is 1. The van der Waals surface area contributed by atoms with E-state index in [-0.39, 0.29) is 5.78 Å². The molecule has 2 aromatic carbocycles. The summed E-state index contributed by atoms with van der Waals surface area (Å²) in [6.45, 7) is 0. The number of hydrogen-bond donors (Lipinski definition) is 0. The molecule has 0 spiro atoms. The number of alkyl halides is 1. The first-order chi connectivity index (χ1) is 9.61. The summed E-state index contributed by atoms with van der Waals surface area (Å²) in [6.07, 6.45) is 0.605. The standard InChI is InChI=1S/C16H11BrClNO/c17-15(10-19)16(20)14-7-6-13(18)9-12(14)8-11-4-2-1-3-5-11/h1-7,9,15H,8H2/t15-/m1/s1. The minimum absolute atomic E-state index is 0.241. The van der Waals surface area contributed by atoms with Crippen molar-refractivity contribution in [2.45, 2.75) is 11.2 Å². The third kappa shape index (κ3) is 3.47. The van der Waals surface area contributed by atoms with Crippen LogP contribution in [0.15, 0.2) is 48.5 Å². The molecule has 0 aromatic heterocycles. The summed E-state index contributed by atoms with van der Waals surface area (Å²) >= 11 is 9.09. The van der Waals surface area contributed by atoms with Crippen LogP contribution in [0.1, 0.15) is 21.5 Å². The second-order valence-corrected chi connectivity index (χ2v) is 5.67. The van der Waals surface area contributed by atoms with Crippen molar-refractivity contribution in [2.75, 3.05) is 0 Å². The molecule has 4 heteroatoms. The number of benzene rings is 2. The fourth-order valence-electron chi connectivity index (χ4n) is 1.96. The van der Waals surface area contributed by atoms with Gasteiger partial charge in [0, 0.05) is 10.6 Å². The van der Waals surface area contributed by atoms with Crippen molar-refractivity contribution < 1.29 is 4.79 Å². The SMILES string of the molecule is N#C[C@@H](Br)C(=O)c1ccc(Cl)cc1Cc1ccccc1. The lowest BCUT2D eigenvalue weighted by Gasteiger charge is -2.10. The summed E-state index contributed by atoms with van der Waals surface area (Å²) in [7, 11) is 0. The van der Waals surface area contributed by atoms with E-state index in [2.05, 4.69) is 15.9 Å². The van der Waals surface area contributed by atoms with Crippen molar-refractivity contribution in [1.82, 2.24) is 0 Å². The van der Waals surface area contributed by atoms with Gasteiger partial charge in [-0.15, -0.1) is 0 Å². The maximum atomic E-state index is 12.2. The summed E-state index contributed by atoms with van der Waals surface area (Å²) in [5.41, 5.74) is 2.45. The van der Waals surface area contributed by atoms with Crippen molar-refractivity contribution in [3.63, 3.8) is 0 Å². The second kappa shape index (κ2) is 6.69. The molecular formula is C16H11BrClNO. The summed E-state index contributed by atoms with van der Waals surface area (Å²) in [6, 6.07) is 16.8. The van der Waals surface area contributed by atoms with E-state index in [0.717, 1.165) is 11.1 Å². The minimum atomic E-state index is -0.835. The molecular weight excluding hydrogens is 338 g/mol. The van der Waals surface area contributed by atoms with Gasteiger partial charge >= 0.3 is 0 Å². The van der Waals surface area contributed by atoms with Gasteiger partial charge in [-0.3, -0.25) is 4.79 Å². The highest BCUT2D eigenvalue weighted by atomic mass is 79.9. The summed E-state index contributed by atoms with van der Waals surface area (Å²) in [5.74, 6) is -0.241. The maximum Gasteiger partial charge on any atom is 0.190 e. The van der Waals surface area contributed by atoms with E-state index in [1.165, 1.54) is 0 Å². The van der Waals surface area contributed by atoms with Crippen molar-refractivity contribution in [2.24, 2.45) is 0 Å². The first kappa shape index (κ1) is 14.8. The number of rotatable bonds is 4. The Balaban J connectivity index is 2.39. The number of Topliss-reactive ketones (excluding diaryl/α,β-unsaturated/α-hetero) is 1. The summed E-state index contributed by atoms with van der Waals surface area (Å²) in [4.78, 5) is 11.4. The highest BCUT2D eigenvalue weighted by Gasteiger charge is 2.19. The zero-order valence-electron chi connectivity index (χ0n) is 10.5. The fraction of sp³-hybridized carbons (Fsp3) is 0.125. The van der Waals surface area contributed by atoms with Crippen LogP contribution in [0.5, 0.6) is 0 Å². The largest absolute Gasteiger partial charge is 0.292 e. The Kier molecular flexibility index (Phi) is 4.94. The average molecular weight is 349 g/mol. The van der Waals surface area contributed by atoms with Crippen LogP contribution < -0.4 is 0 Å². The van der Waals surface area contributed by atoms with Gasteiger partial charge in [-0.05, 0) is 35.7 Å². The van der Waals surface area contributed by atoms with Crippen LogP contribution in [-0.4, -0.2) is 10.6 Å². The van der Waals surface area contributed by atoms with Crippen LogP contribution in [0.4, 0.5) is 0 Å². The highest BCUT2D eigenvalue weighted by Crippen LogP contribution is 2.22. The van der Waals surface area contributed by atoms with E-state index < -0.39 is 4.83 Å². The molecule has 0 heterocycles. The molecule has 0 N–H and O–H groups in total. The molecule has 0 aliphatic rings. The van der Waals surface area contributed by atoms with Gasteiger partial charge in [-0.1, -0.05) is 57.9 Å². The van der Waals surface area contributed by atoms with E-state index in [1.807, 2.05) is 36.4 Å². The normalized spacial score (nSPS) is 11.7. The van der Waals surface area contributed by atoms with Crippen molar-refractivity contribution >= 4 is 33.3 Å². The van der Waals surface area contributed by atoms with Gasteiger partial charge in [-0.25, -0.2) is 0 Å². The number of carbonyl (C=O) groups is 1.